The fraction of sp³-hybridized carbons (Fsp3) is 0.0800. The van der Waals surface area contributed by atoms with E-state index in [0.717, 1.165) is 23.3 Å². The number of aromatic nitrogens is 2. The Morgan fingerprint density at radius 2 is 1.60 bits per heavy atom. The lowest BCUT2D eigenvalue weighted by molar-refractivity contribution is 0.586. The lowest BCUT2D eigenvalue weighted by atomic mass is 9.91. The van der Waals surface area contributed by atoms with Crippen LogP contribution >= 0.6 is 23.2 Å². The van der Waals surface area contributed by atoms with E-state index in [2.05, 4.69) is 26.7 Å². The molecule has 0 fully saturated rings. The van der Waals surface area contributed by atoms with Crippen LogP contribution in [0.3, 0.4) is 0 Å². The van der Waals surface area contributed by atoms with E-state index >= 15 is 0 Å². The highest BCUT2D eigenvalue weighted by Gasteiger charge is 2.19. The number of nitrogens with two attached hydrogens (primary N) is 1. The quantitative estimate of drug-likeness (QED) is 0.256. The second-order valence-corrected chi connectivity index (χ2v) is 8.50. The number of hydrogen-bond donors (Lipinski definition) is 3. The van der Waals surface area contributed by atoms with Gasteiger partial charge in [0.15, 0.2) is 11.6 Å². The minimum Gasteiger partial charge on any atom is -0.393 e. The highest BCUT2D eigenvalue weighted by molar-refractivity contribution is 6.32. The van der Waals surface area contributed by atoms with Gasteiger partial charge in [-0.1, -0.05) is 41.4 Å². The molecule has 176 valence electrons. The number of nitriles is 1. The van der Waals surface area contributed by atoms with Crippen LogP contribution in [0, 0.1) is 29.9 Å². The molecule has 0 spiro atoms. The summed E-state index contributed by atoms with van der Waals surface area (Å²) in [5, 5.41) is 16.6. The first-order chi connectivity index (χ1) is 16.8. The molecule has 0 bridgehead atoms. The van der Waals surface area contributed by atoms with Gasteiger partial charge in [-0.3, -0.25) is 0 Å². The fourth-order valence-electron chi connectivity index (χ4n) is 3.48. The minimum atomic E-state index is -0.788. The summed E-state index contributed by atoms with van der Waals surface area (Å²) >= 11 is 12.5. The number of halogens is 4. The zero-order valence-corrected chi connectivity index (χ0v) is 19.8. The van der Waals surface area contributed by atoms with Crippen molar-refractivity contribution in [2.75, 3.05) is 16.4 Å². The van der Waals surface area contributed by atoms with Gasteiger partial charge in [0.05, 0.1) is 17.7 Å². The number of aryl methyl sites for hydroxylation is 1. The molecule has 10 heteroatoms. The monoisotopic (exact) mass is 510 g/mol. The number of hydrogen-bond acceptors (Lipinski definition) is 6. The van der Waals surface area contributed by atoms with Gasteiger partial charge < -0.3 is 16.4 Å². The second kappa shape index (κ2) is 10.1. The van der Waals surface area contributed by atoms with Gasteiger partial charge in [0.1, 0.15) is 23.6 Å². The molecule has 0 saturated heterocycles. The molecule has 1 unspecified atom stereocenters. The predicted molar refractivity (Wildman–Crippen MR) is 134 cm³/mol. The van der Waals surface area contributed by atoms with E-state index in [1.54, 1.807) is 30.3 Å². The van der Waals surface area contributed by atoms with E-state index in [9.17, 15) is 14.0 Å². The largest absolute Gasteiger partial charge is 0.393 e. The van der Waals surface area contributed by atoms with Gasteiger partial charge in [0, 0.05) is 21.8 Å². The van der Waals surface area contributed by atoms with Crippen LogP contribution in [-0.2, 0) is 0 Å². The maximum atomic E-state index is 14.0. The third-order valence-electron chi connectivity index (χ3n) is 5.31. The van der Waals surface area contributed by atoms with E-state index in [-0.39, 0.29) is 23.0 Å². The Labute approximate surface area is 210 Å². The van der Waals surface area contributed by atoms with Crippen molar-refractivity contribution in [3.63, 3.8) is 0 Å². The van der Waals surface area contributed by atoms with E-state index in [4.69, 9.17) is 28.9 Å². The Hall–Kier alpha value is -3.93. The van der Waals surface area contributed by atoms with Gasteiger partial charge in [-0.15, -0.1) is 0 Å². The molecular weight excluding hydrogens is 493 g/mol. The number of nitrogens with one attached hydrogen (secondary N) is 2. The predicted octanol–water partition coefficient (Wildman–Crippen LogP) is 7.09. The molecule has 0 aliphatic rings. The molecular formula is C25H18Cl2F2N6. The summed E-state index contributed by atoms with van der Waals surface area (Å²) in [6.45, 7) is 1.85. The maximum absolute atomic E-state index is 14.0. The third kappa shape index (κ3) is 5.27. The van der Waals surface area contributed by atoms with Crippen LogP contribution in [-0.4, -0.2) is 9.97 Å². The molecule has 0 radical (unpaired) electrons. The van der Waals surface area contributed by atoms with Gasteiger partial charge in [0.2, 0.25) is 0 Å². The third-order valence-corrected chi connectivity index (χ3v) is 5.89. The topological polar surface area (TPSA) is 99.6 Å². The molecule has 4 aromatic rings. The average Bonchev–Trinajstić information content (AvgIpc) is 2.82. The van der Waals surface area contributed by atoms with Crippen molar-refractivity contribution in [1.82, 2.24) is 9.97 Å². The Morgan fingerprint density at radius 3 is 2.23 bits per heavy atom. The van der Waals surface area contributed by atoms with E-state index < -0.39 is 17.6 Å². The van der Waals surface area contributed by atoms with Crippen molar-refractivity contribution in [1.29, 1.82) is 5.26 Å². The highest BCUT2D eigenvalue weighted by atomic mass is 35.5. The molecule has 35 heavy (non-hydrogen) atoms. The Morgan fingerprint density at radius 1 is 0.943 bits per heavy atom. The molecule has 4 rings (SSSR count). The van der Waals surface area contributed by atoms with Gasteiger partial charge in [0.25, 0.3) is 0 Å². The fourth-order valence-corrected chi connectivity index (χ4v) is 3.88. The average molecular weight is 511 g/mol. The summed E-state index contributed by atoms with van der Waals surface area (Å²) in [4.78, 5) is 8.21. The van der Waals surface area contributed by atoms with Crippen molar-refractivity contribution < 1.29 is 8.78 Å². The van der Waals surface area contributed by atoms with Crippen molar-refractivity contribution in [3.05, 3.63) is 99.3 Å². The standard InChI is InChI=1S/C25H18Cl2F2N6/c1-13-8-17(18(11-30)14-2-4-15(26)5-3-14)19(27)10-22(13)35-25-23(31)24(32-12-33-25)34-21-7-6-16(28)9-20(21)29/h2-10,12,18H,31H2,1H3,(H2,32,33,34,35). The Kier molecular flexibility index (Phi) is 7.01. The van der Waals surface area contributed by atoms with Gasteiger partial charge in [-0.25, -0.2) is 18.7 Å². The summed E-state index contributed by atoms with van der Waals surface area (Å²) in [6.07, 6.45) is 1.25. The summed E-state index contributed by atoms with van der Waals surface area (Å²) in [6, 6.07) is 15.9. The first kappa shape index (κ1) is 24.2. The number of nitrogens with zero attached hydrogens (tertiary/aromatic N) is 3. The van der Waals surface area contributed by atoms with Crippen LogP contribution in [0.4, 0.5) is 37.5 Å². The molecule has 6 nitrogen and oxygen atoms in total. The molecule has 0 aliphatic heterocycles. The molecule has 0 saturated carbocycles. The zero-order chi connectivity index (χ0) is 25.1. The molecule has 1 heterocycles. The van der Waals surface area contributed by atoms with Crippen LogP contribution in [0.15, 0.2) is 60.9 Å². The lowest BCUT2D eigenvalue weighted by Gasteiger charge is -2.17. The number of rotatable bonds is 6. The maximum Gasteiger partial charge on any atom is 0.159 e. The molecule has 3 aromatic carbocycles. The Bertz CT molecular complexity index is 1440. The highest BCUT2D eigenvalue weighted by Crippen LogP contribution is 2.36. The van der Waals surface area contributed by atoms with Crippen molar-refractivity contribution >= 4 is 51.9 Å². The molecule has 1 atom stereocenters. The van der Waals surface area contributed by atoms with Crippen LogP contribution in [0.5, 0.6) is 0 Å². The second-order valence-electron chi connectivity index (χ2n) is 7.66. The van der Waals surface area contributed by atoms with Crippen LogP contribution in [0.25, 0.3) is 0 Å². The lowest BCUT2D eigenvalue weighted by Crippen LogP contribution is -2.07. The zero-order valence-electron chi connectivity index (χ0n) is 18.3. The van der Waals surface area contributed by atoms with Gasteiger partial charge >= 0.3 is 0 Å². The summed E-state index contributed by atoms with van der Waals surface area (Å²) < 4.78 is 27.2. The first-order valence-electron chi connectivity index (χ1n) is 10.3. The van der Waals surface area contributed by atoms with Crippen LogP contribution in [0.2, 0.25) is 10.0 Å². The van der Waals surface area contributed by atoms with Gasteiger partial charge in [-0.2, -0.15) is 5.26 Å². The van der Waals surface area contributed by atoms with Crippen molar-refractivity contribution in [2.24, 2.45) is 0 Å². The molecule has 4 N–H and O–H groups in total. The van der Waals surface area contributed by atoms with Crippen LogP contribution < -0.4 is 16.4 Å². The number of anilines is 5. The molecule has 0 aliphatic carbocycles. The van der Waals surface area contributed by atoms with E-state index in [1.807, 2.05) is 13.0 Å². The summed E-state index contributed by atoms with van der Waals surface area (Å²) in [7, 11) is 0. The number of nitrogen functional groups attached to an aromatic ring is 1. The normalized spacial score (nSPS) is 11.5. The SMILES string of the molecule is Cc1cc(C(C#N)c2ccc(Cl)cc2)c(Cl)cc1Nc1ncnc(Nc2ccc(F)cc2F)c1N. The van der Waals surface area contributed by atoms with Crippen molar-refractivity contribution in [3.8, 4) is 6.07 Å². The smallest absolute Gasteiger partial charge is 0.159 e. The molecule has 1 aromatic heterocycles. The number of benzene rings is 3. The summed E-state index contributed by atoms with van der Waals surface area (Å²) in [5.74, 6) is -1.68. The molecule has 0 amide bonds. The Balaban J connectivity index is 1.62. The van der Waals surface area contributed by atoms with E-state index in [0.29, 0.717) is 21.3 Å². The van der Waals surface area contributed by atoms with Crippen LogP contribution in [0.1, 0.15) is 22.6 Å². The first-order valence-corrected chi connectivity index (χ1v) is 11.1. The van der Waals surface area contributed by atoms with Crippen molar-refractivity contribution in [2.45, 2.75) is 12.8 Å². The van der Waals surface area contributed by atoms with Gasteiger partial charge in [-0.05, 0) is 53.9 Å². The van der Waals surface area contributed by atoms with E-state index in [1.165, 1.54) is 12.4 Å². The summed E-state index contributed by atoms with van der Waals surface area (Å²) in [5.41, 5.74) is 9.13. The minimum absolute atomic E-state index is 0.0103.